The largest absolute Gasteiger partial charge is 0.394 e. The van der Waals surface area contributed by atoms with E-state index < -0.39 is 18.4 Å². The van der Waals surface area contributed by atoms with E-state index in [-0.39, 0.29) is 24.0 Å². The van der Waals surface area contributed by atoms with Crippen molar-refractivity contribution in [1.82, 2.24) is 34.7 Å². The molecule has 0 bridgehead atoms. The zero-order valence-corrected chi connectivity index (χ0v) is 24.9. The van der Waals surface area contributed by atoms with Gasteiger partial charge in [-0.25, -0.2) is 14.3 Å². The fourth-order valence-corrected chi connectivity index (χ4v) is 6.60. The third-order valence-electron chi connectivity index (χ3n) is 8.88. The lowest BCUT2D eigenvalue weighted by molar-refractivity contribution is -0.0470. The molecule has 3 N–H and O–H groups in total. The molecule has 8 rings (SSSR count). The lowest BCUT2D eigenvalue weighted by Gasteiger charge is -2.13. The number of rotatable bonds is 8. The van der Waals surface area contributed by atoms with Crippen molar-refractivity contribution in [1.29, 1.82) is 0 Å². The molecule has 4 heterocycles. The van der Waals surface area contributed by atoms with Gasteiger partial charge < -0.3 is 19.9 Å². The maximum Gasteiger partial charge on any atom is 0.263 e. The van der Waals surface area contributed by atoms with E-state index in [1.807, 2.05) is 10.9 Å². The molecule has 0 saturated carbocycles. The molecule has 0 aliphatic carbocycles. The van der Waals surface area contributed by atoms with Crippen LogP contribution in [0.25, 0.3) is 43.4 Å². The molecule has 0 radical (unpaired) electrons. The first-order valence-electron chi connectivity index (χ1n) is 15.5. The summed E-state index contributed by atoms with van der Waals surface area (Å²) in [5.41, 5.74) is 2.44. The second-order valence-corrected chi connectivity index (χ2v) is 11.8. The van der Waals surface area contributed by atoms with Crippen molar-refractivity contribution in [2.45, 2.75) is 57.1 Å². The van der Waals surface area contributed by atoms with Gasteiger partial charge in [0.1, 0.15) is 11.5 Å². The van der Waals surface area contributed by atoms with Crippen molar-refractivity contribution in [3.8, 4) is 11.8 Å². The summed E-state index contributed by atoms with van der Waals surface area (Å²) < 4.78 is 9.11. The molecular formula is C35H31N7O4. The molecule has 1 saturated heterocycles. The lowest BCUT2D eigenvalue weighted by atomic mass is 9.92. The Kier molecular flexibility index (Phi) is 7.18. The van der Waals surface area contributed by atoms with E-state index in [1.165, 1.54) is 48.9 Å². The molecule has 230 valence electrons. The van der Waals surface area contributed by atoms with Crippen LogP contribution in [-0.4, -0.2) is 63.8 Å². The highest BCUT2D eigenvalue weighted by Crippen LogP contribution is 2.36. The highest BCUT2D eigenvalue weighted by Gasteiger charge is 2.36. The number of fused-ring (bicyclic) bond motifs is 1. The maximum atomic E-state index is 12.6. The van der Waals surface area contributed by atoms with Gasteiger partial charge in [0.2, 0.25) is 0 Å². The Morgan fingerprint density at radius 2 is 1.80 bits per heavy atom. The predicted octanol–water partition coefficient (Wildman–Crippen LogP) is 4.06. The third-order valence-corrected chi connectivity index (χ3v) is 8.88. The number of unbranched alkanes of at least 4 members (excludes halogenated alkanes) is 2. The van der Waals surface area contributed by atoms with Crippen molar-refractivity contribution in [2.75, 3.05) is 6.61 Å². The predicted molar refractivity (Wildman–Crippen MR) is 173 cm³/mol. The molecule has 1 fully saturated rings. The molecule has 3 atom stereocenters. The van der Waals surface area contributed by atoms with Gasteiger partial charge in [0.25, 0.3) is 5.56 Å². The summed E-state index contributed by atoms with van der Waals surface area (Å²) in [5, 5.41) is 40.8. The molecular weight excluding hydrogens is 582 g/mol. The number of aliphatic hydroxyl groups is 2. The number of aryl methyl sites for hydroxylation is 1. The van der Waals surface area contributed by atoms with Gasteiger partial charge in [0.15, 0.2) is 17.6 Å². The van der Waals surface area contributed by atoms with E-state index >= 15 is 0 Å². The molecule has 1 aliphatic rings. The molecule has 46 heavy (non-hydrogen) atoms. The fourth-order valence-electron chi connectivity index (χ4n) is 6.60. The number of hydrogen-bond acceptors (Lipinski definition) is 8. The maximum absolute atomic E-state index is 12.6. The van der Waals surface area contributed by atoms with Gasteiger partial charge in [-0.1, -0.05) is 65.7 Å². The summed E-state index contributed by atoms with van der Waals surface area (Å²) in [6, 6.07) is 19.7. The number of aromatic nitrogens is 7. The first-order chi connectivity index (χ1) is 22.6. The van der Waals surface area contributed by atoms with Gasteiger partial charge in [-0.2, -0.15) is 5.10 Å². The number of aliphatic hydroxyl groups excluding tert-OH is 2. The highest BCUT2D eigenvalue weighted by atomic mass is 16.5. The van der Waals surface area contributed by atoms with E-state index in [0.717, 1.165) is 25.0 Å². The Morgan fingerprint density at radius 3 is 2.63 bits per heavy atom. The van der Waals surface area contributed by atoms with E-state index in [0.29, 0.717) is 24.3 Å². The number of nitrogens with zero attached hydrogens (tertiary/aromatic N) is 6. The zero-order chi connectivity index (χ0) is 31.2. The summed E-state index contributed by atoms with van der Waals surface area (Å²) in [5.74, 6) is 6.17. The van der Waals surface area contributed by atoms with Crippen LogP contribution in [0.3, 0.4) is 0 Å². The zero-order valence-electron chi connectivity index (χ0n) is 24.9. The van der Waals surface area contributed by atoms with Gasteiger partial charge in [0, 0.05) is 19.0 Å². The average Bonchev–Trinajstić information content (AvgIpc) is 3.79. The third kappa shape index (κ3) is 4.97. The smallest absolute Gasteiger partial charge is 0.263 e. The molecule has 3 aromatic heterocycles. The molecule has 4 aromatic carbocycles. The van der Waals surface area contributed by atoms with Crippen molar-refractivity contribution < 1.29 is 14.9 Å². The summed E-state index contributed by atoms with van der Waals surface area (Å²) >= 11 is 0. The summed E-state index contributed by atoms with van der Waals surface area (Å²) in [6.07, 6.45) is 4.49. The van der Waals surface area contributed by atoms with Crippen LogP contribution in [0.5, 0.6) is 0 Å². The van der Waals surface area contributed by atoms with Crippen molar-refractivity contribution in [3.05, 3.63) is 94.4 Å². The van der Waals surface area contributed by atoms with Crippen LogP contribution >= 0.6 is 0 Å². The van der Waals surface area contributed by atoms with Crippen molar-refractivity contribution >= 4 is 43.4 Å². The average molecular weight is 614 g/mol. The number of hydrogen-bond donors (Lipinski definition) is 3. The molecule has 0 amide bonds. The van der Waals surface area contributed by atoms with Gasteiger partial charge in [-0.3, -0.25) is 4.79 Å². The quantitative estimate of drug-likeness (QED) is 0.132. The van der Waals surface area contributed by atoms with Crippen LogP contribution in [0.1, 0.15) is 48.9 Å². The second-order valence-electron chi connectivity index (χ2n) is 11.8. The van der Waals surface area contributed by atoms with E-state index in [4.69, 9.17) is 4.74 Å². The highest BCUT2D eigenvalue weighted by molar-refractivity contribution is 6.23. The Labute approximate surface area is 262 Å². The fraction of sp³-hybridized carbons (Fsp3) is 0.286. The minimum Gasteiger partial charge on any atom is -0.394 e. The van der Waals surface area contributed by atoms with E-state index in [2.05, 4.69) is 91.8 Å². The number of ether oxygens (including phenoxy) is 1. The molecule has 0 unspecified atom stereocenters. The SMILES string of the molecule is O=c1[nH]cnc2c1c(C#CCCCCc1cn(Cc3ccc4ccc5cccc6ccc3c4c56)nn1)nn2[C@H]1C[C@H](O)[C@@H](CO)O1. The van der Waals surface area contributed by atoms with Crippen LogP contribution in [-0.2, 0) is 17.7 Å². The van der Waals surface area contributed by atoms with Crippen LogP contribution in [0.4, 0.5) is 0 Å². The van der Waals surface area contributed by atoms with E-state index in [1.54, 1.807) is 0 Å². The second kappa shape index (κ2) is 11.7. The number of benzene rings is 4. The number of H-pyrrole nitrogens is 1. The topological polar surface area (TPSA) is 144 Å². The normalized spacial score (nSPS) is 18.3. The standard InChI is InChI=1S/C35H31N7O4/c43-19-29-28(44)16-30(46-29)42-34-33(35(45)37-20-36-34)27(39-42)9-4-2-1-3-8-25-18-41(40-38-25)17-24-13-12-23-11-10-21-6-5-7-22-14-15-26(24)32(23)31(21)22/h5-7,10-15,18,20,28-30,43-44H,1-3,8,16-17,19H2,(H,36,37,45)/t28-,29+,30+/m0/s1. The molecule has 7 aromatic rings. The van der Waals surface area contributed by atoms with Crippen LogP contribution in [0.2, 0.25) is 0 Å². The van der Waals surface area contributed by atoms with Crippen LogP contribution < -0.4 is 5.56 Å². The lowest BCUT2D eigenvalue weighted by Crippen LogP contribution is -2.24. The monoisotopic (exact) mass is 613 g/mol. The van der Waals surface area contributed by atoms with Gasteiger partial charge in [-0.15, -0.1) is 5.10 Å². The van der Waals surface area contributed by atoms with Crippen LogP contribution in [0.15, 0.2) is 71.9 Å². The minimum atomic E-state index is -0.833. The van der Waals surface area contributed by atoms with Gasteiger partial charge in [-0.05, 0) is 63.1 Å². The van der Waals surface area contributed by atoms with Gasteiger partial charge in [0.05, 0.1) is 31.3 Å². The number of nitrogens with one attached hydrogen (secondary N) is 1. The Morgan fingerprint density at radius 1 is 1.00 bits per heavy atom. The first-order valence-corrected chi connectivity index (χ1v) is 15.5. The Balaban J connectivity index is 0.919. The first kappa shape index (κ1) is 28.3. The van der Waals surface area contributed by atoms with Crippen molar-refractivity contribution in [2.24, 2.45) is 0 Å². The number of aromatic amines is 1. The van der Waals surface area contributed by atoms with E-state index in [9.17, 15) is 15.0 Å². The molecule has 0 spiro atoms. The molecule has 11 heteroatoms. The minimum absolute atomic E-state index is 0.229. The van der Waals surface area contributed by atoms with Crippen LogP contribution in [0, 0.1) is 11.8 Å². The Bertz CT molecular complexity index is 2310. The van der Waals surface area contributed by atoms with Crippen molar-refractivity contribution in [3.63, 3.8) is 0 Å². The van der Waals surface area contributed by atoms with Gasteiger partial charge >= 0.3 is 0 Å². The summed E-state index contributed by atoms with van der Waals surface area (Å²) in [7, 11) is 0. The molecule has 11 nitrogen and oxygen atoms in total. The molecule has 1 aliphatic heterocycles. The summed E-state index contributed by atoms with van der Waals surface area (Å²) in [4.78, 5) is 19.5. The Hall–Kier alpha value is -5.15. The summed E-state index contributed by atoms with van der Waals surface area (Å²) in [6.45, 7) is 0.335.